The molecule has 8 heteroatoms. The lowest BCUT2D eigenvalue weighted by Gasteiger charge is -2.18. The van der Waals surface area contributed by atoms with Gasteiger partial charge in [-0.15, -0.1) is 0 Å². The van der Waals surface area contributed by atoms with Crippen LogP contribution in [0.5, 0.6) is 0 Å². The molecule has 0 radical (unpaired) electrons. The predicted octanol–water partition coefficient (Wildman–Crippen LogP) is 5.50. The van der Waals surface area contributed by atoms with Gasteiger partial charge in [-0.3, -0.25) is 14.4 Å². The summed E-state index contributed by atoms with van der Waals surface area (Å²) in [6, 6.07) is 21.6. The topological polar surface area (TPSA) is 78.5 Å². The highest BCUT2D eigenvalue weighted by molar-refractivity contribution is 6.53. The monoisotopic (exact) mass is 507 g/mol. The molecule has 1 atom stereocenters. The molecule has 0 saturated carbocycles. The average molecular weight is 508 g/mol. The van der Waals surface area contributed by atoms with Gasteiger partial charge in [0.15, 0.2) is 0 Å². The number of nitrogens with zero attached hydrogens (tertiary/aromatic N) is 1. The van der Waals surface area contributed by atoms with E-state index >= 15 is 0 Å². The van der Waals surface area contributed by atoms with E-state index in [-0.39, 0.29) is 29.1 Å². The molecule has 1 aliphatic heterocycles. The third-order valence-corrected chi connectivity index (χ3v) is 6.53. The Labute approximate surface area is 213 Å². The maximum absolute atomic E-state index is 13.0. The molecule has 0 bridgehead atoms. The van der Waals surface area contributed by atoms with Crippen LogP contribution in [0.1, 0.15) is 29.7 Å². The van der Waals surface area contributed by atoms with E-state index in [0.717, 1.165) is 16.0 Å². The molecular weight excluding hydrogens is 485 g/mol. The normalized spacial score (nSPS) is 14.3. The van der Waals surface area contributed by atoms with Crippen LogP contribution < -0.4 is 15.5 Å². The molecule has 1 heterocycles. The number of amides is 3. The van der Waals surface area contributed by atoms with E-state index in [1.165, 1.54) is 0 Å². The maximum atomic E-state index is 13.0. The van der Waals surface area contributed by atoms with Crippen LogP contribution in [0.2, 0.25) is 5.02 Å². The highest BCUT2D eigenvalue weighted by Crippen LogP contribution is 2.34. The first-order chi connectivity index (χ1) is 16.8. The van der Waals surface area contributed by atoms with E-state index in [9.17, 15) is 14.4 Å². The van der Waals surface area contributed by atoms with Gasteiger partial charge in [0.05, 0.1) is 18.2 Å². The first-order valence-corrected chi connectivity index (χ1v) is 11.8. The van der Waals surface area contributed by atoms with E-state index < -0.39 is 11.8 Å². The first kappa shape index (κ1) is 24.5. The number of rotatable bonds is 7. The second-order valence-corrected chi connectivity index (χ2v) is 9.00. The highest BCUT2D eigenvalue weighted by atomic mass is 35.5. The number of benzene rings is 3. The van der Waals surface area contributed by atoms with Crippen LogP contribution in [0, 0.1) is 6.92 Å². The molecule has 6 nitrogen and oxygen atoms in total. The van der Waals surface area contributed by atoms with Crippen LogP contribution in [-0.2, 0) is 20.8 Å². The Bertz CT molecular complexity index is 1320. The summed E-state index contributed by atoms with van der Waals surface area (Å²) in [6.07, 6.45) is 0.208. The Morgan fingerprint density at radius 1 is 0.914 bits per heavy atom. The molecular formula is C27H23Cl2N3O3. The number of anilines is 2. The van der Waals surface area contributed by atoms with E-state index in [1.54, 1.807) is 49.4 Å². The van der Waals surface area contributed by atoms with Crippen molar-refractivity contribution in [2.45, 2.75) is 26.3 Å². The van der Waals surface area contributed by atoms with Crippen molar-refractivity contribution in [3.8, 4) is 0 Å². The largest absolute Gasteiger partial charge is 0.350 e. The van der Waals surface area contributed by atoms with Gasteiger partial charge in [-0.2, -0.15) is 0 Å². The van der Waals surface area contributed by atoms with Crippen molar-refractivity contribution in [2.24, 2.45) is 0 Å². The summed E-state index contributed by atoms with van der Waals surface area (Å²) >= 11 is 12.4. The molecule has 0 aliphatic carbocycles. The summed E-state index contributed by atoms with van der Waals surface area (Å²) in [5.41, 5.74) is 3.37. The van der Waals surface area contributed by atoms with E-state index in [1.807, 2.05) is 37.3 Å². The second kappa shape index (κ2) is 10.3. The lowest BCUT2D eigenvalue weighted by molar-refractivity contribution is -0.121. The molecule has 1 unspecified atom stereocenters. The molecule has 0 saturated heterocycles. The fourth-order valence-electron chi connectivity index (χ4n) is 3.82. The van der Waals surface area contributed by atoms with Crippen LogP contribution in [0.25, 0.3) is 0 Å². The Hall–Kier alpha value is -3.61. The maximum Gasteiger partial charge on any atom is 0.283 e. The van der Waals surface area contributed by atoms with Gasteiger partial charge in [0.25, 0.3) is 11.8 Å². The number of hydrogen-bond acceptors (Lipinski definition) is 4. The van der Waals surface area contributed by atoms with Gasteiger partial charge in [0.2, 0.25) is 5.91 Å². The minimum absolute atomic E-state index is 0.0155. The van der Waals surface area contributed by atoms with E-state index in [4.69, 9.17) is 23.2 Å². The molecule has 3 aromatic rings. The second-order valence-electron chi connectivity index (χ2n) is 8.22. The van der Waals surface area contributed by atoms with Crippen molar-refractivity contribution in [3.63, 3.8) is 0 Å². The lowest BCUT2D eigenvalue weighted by atomic mass is 10.1. The zero-order chi connectivity index (χ0) is 25.1. The van der Waals surface area contributed by atoms with Gasteiger partial charge in [-0.1, -0.05) is 71.7 Å². The van der Waals surface area contributed by atoms with E-state index in [0.29, 0.717) is 22.0 Å². The average Bonchev–Trinajstić information content (AvgIpc) is 3.05. The molecule has 3 aromatic carbocycles. The van der Waals surface area contributed by atoms with Crippen molar-refractivity contribution in [3.05, 3.63) is 105 Å². The van der Waals surface area contributed by atoms with Crippen molar-refractivity contribution in [2.75, 3.05) is 10.2 Å². The van der Waals surface area contributed by atoms with Crippen molar-refractivity contribution in [1.29, 1.82) is 0 Å². The number of halogens is 2. The van der Waals surface area contributed by atoms with Gasteiger partial charge < -0.3 is 10.6 Å². The summed E-state index contributed by atoms with van der Waals surface area (Å²) < 4.78 is 0. The van der Waals surface area contributed by atoms with Gasteiger partial charge in [-0.05, 0) is 54.8 Å². The molecule has 0 aromatic heterocycles. The smallest absolute Gasteiger partial charge is 0.283 e. The van der Waals surface area contributed by atoms with Crippen LogP contribution in [0.15, 0.2) is 83.5 Å². The zero-order valence-electron chi connectivity index (χ0n) is 19.1. The van der Waals surface area contributed by atoms with Crippen LogP contribution in [-0.4, -0.2) is 17.7 Å². The Morgan fingerprint density at radius 2 is 1.60 bits per heavy atom. The lowest BCUT2D eigenvalue weighted by Crippen LogP contribution is -2.32. The quantitative estimate of drug-likeness (QED) is 0.413. The number of nitrogens with one attached hydrogen (secondary N) is 2. The zero-order valence-corrected chi connectivity index (χ0v) is 20.7. The van der Waals surface area contributed by atoms with Gasteiger partial charge >= 0.3 is 0 Å². The molecule has 0 fully saturated rings. The highest BCUT2D eigenvalue weighted by Gasteiger charge is 2.39. The Kier molecular flexibility index (Phi) is 7.24. The molecule has 35 heavy (non-hydrogen) atoms. The SMILES string of the molecule is Cc1c(Cl)cccc1N1C(=O)C(Cl)=C(Nc2ccc(CC(=O)NC(C)c3ccccc3)cc2)C1=O. The van der Waals surface area contributed by atoms with Crippen molar-refractivity contribution in [1.82, 2.24) is 5.32 Å². The molecule has 2 N–H and O–H groups in total. The third kappa shape index (κ3) is 5.24. The molecule has 3 amide bonds. The Balaban J connectivity index is 1.42. The minimum Gasteiger partial charge on any atom is -0.350 e. The first-order valence-electron chi connectivity index (χ1n) is 11.0. The van der Waals surface area contributed by atoms with Crippen LogP contribution in [0.4, 0.5) is 11.4 Å². The van der Waals surface area contributed by atoms with Crippen molar-refractivity contribution >= 4 is 52.3 Å². The van der Waals surface area contributed by atoms with Gasteiger partial charge in [0.1, 0.15) is 10.7 Å². The summed E-state index contributed by atoms with van der Waals surface area (Å²) in [4.78, 5) is 39.2. The molecule has 0 spiro atoms. The van der Waals surface area contributed by atoms with Crippen LogP contribution in [0.3, 0.4) is 0 Å². The molecule has 1 aliphatic rings. The fourth-order valence-corrected chi connectivity index (χ4v) is 4.20. The summed E-state index contributed by atoms with van der Waals surface area (Å²) in [7, 11) is 0. The van der Waals surface area contributed by atoms with Gasteiger partial charge in [0, 0.05) is 10.7 Å². The summed E-state index contributed by atoms with van der Waals surface area (Å²) in [5, 5.41) is 6.17. The molecule has 4 rings (SSSR count). The summed E-state index contributed by atoms with van der Waals surface area (Å²) in [5.74, 6) is -1.29. The molecule has 178 valence electrons. The Morgan fingerprint density at radius 3 is 2.29 bits per heavy atom. The number of imide groups is 1. The minimum atomic E-state index is -0.620. The number of carbonyl (C=O) groups excluding carboxylic acids is 3. The number of carbonyl (C=O) groups is 3. The van der Waals surface area contributed by atoms with Crippen LogP contribution >= 0.6 is 23.2 Å². The third-order valence-electron chi connectivity index (χ3n) is 5.77. The standard InChI is InChI=1S/C27H23Cl2N3O3/c1-16-21(28)9-6-10-22(16)32-26(34)24(29)25(27(32)35)31-20-13-11-18(12-14-20)15-23(33)30-17(2)19-7-4-3-5-8-19/h3-14,17,31H,15H2,1-2H3,(H,30,33). The van der Waals surface area contributed by atoms with E-state index in [2.05, 4.69) is 10.6 Å². The summed E-state index contributed by atoms with van der Waals surface area (Å²) in [6.45, 7) is 3.67. The fraction of sp³-hybridized carbons (Fsp3) is 0.148. The van der Waals surface area contributed by atoms with Crippen molar-refractivity contribution < 1.29 is 14.4 Å². The predicted molar refractivity (Wildman–Crippen MR) is 138 cm³/mol. The number of hydrogen-bond donors (Lipinski definition) is 2. The van der Waals surface area contributed by atoms with Gasteiger partial charge in [-0.25, -0.2) is 4.90 Å².